The summed E-state index contributed by atoms with van der Waals surface area (Å²) in [6.07, 6.45) is 0.856. The number of hydrogen-bond donors (Lipinski definition) is 1. The first kappa shape index (κ1) is 14.4. The van der Waals surface area contributed by atoms with Gasteiger partial charge in [0, 0.05) is 6.54 Å². The van der Waals surface area contributed by atoms with Crippen LogP contribution in [0.5, 0.6) is 0 Å². The van der Waals surface area contributed by atoms with Crippen molar-refractivity contribution in [3.8, 4) is 0 Å². The molecule has 1 unspecified atom stereocenters. The second kappa shape index (κ2) is 5.78. The summed E-state index contributed by atoms with van der Waals surface area (Å²) in [7, 11) is 0. The molecule has 4 nitrogen and oxygen atoms in total. The highest BCUT2D eigenvalue weighted by Gasteiger charge is 2.19. The van der Waals surface area contributed by atoms with Crippen LogP contribution in [0.4, 0.5) is 0 Å². The fourth-order valence-electron chi connectivity index (χ4n) is 1.46. The number of amides is 1. The Bertz CT molecular complexity index is 386. The van der Waals surface area contributed by atoms with E-state index in [0.29, 0.717) is 17.1 Å². The lowest BCUT2D eigenvalue weighted by Crippen LogP contribution is -2.31. The molecule has 1 amide bonds. The molecule has 1 rings (SSSR count). The second-order valence-electron chi connectivity index (χ2n) is 5.26. The van der Waals surface area contributed by atoms with Crippen LogP contribution in [0.15, 0.2) is 0 Å². The molecule has 0 aliphatic heterocycles. The Morgan fingerprint density at radius 1 is 1.53 bits per heavy atom. The van der Waals surface area contributed by atoms with Crippen LogP contribution in [-0.4, -0.2) is 27.4 Å². The number of hydrogen-bond acceptors (Lipinski definition) is 4. The Hall–Kier alpha value is -0.680. The number of nitrogens with zero attached hydrogens (tertiary/aromatic N) is 2. The van der Waals surface area contributed by atoms with Crippen LogP contribution in [0.1, 0.15) is 42.6 Å². The average Bonchev–Trinajstić information content (AvgIpc) is 2.58. The van der Waals surface area contributed by atoms with Gasteiger partial charge in [-0.1, -0.05) is 25.3 Å². The summed E-state index contributed by atoms with van der Waals surface area (Å²) < 4.78 is 3.73. The van der Waals surface area contributed by atoms with Gasteiger partial charge in [0.25, 0.3) is 5.91 Å². The topological polar surface area (TPSA) is 54.9 Å². The van der Waals surface area contributed by atoms with E-state index < -0.39 is 0 Å². The van der Waals surface area contributed by atoms with Gasteiger partial charge in [0.2, 0.25) is 0 Å². The zero-order valence-electron chi connectivity index (χ0n) is 10.6. The van der Waals surface area contributed by atoms with E-state index in [1.54, 1.807) is 6.92 Å². The van der Waals surface area contributed by atoms with E-state index in [9.17, 15) is 4.79 Å². The first-order valence-electron chi connectivity index (χ1n) is 5.51. The van der Waals surface area contributed by atoms with E-state index in [0.717, 1.165) is 18.0 Å². The predicted octanol–water partition coefficient (Wildman–Crippen LogP) is 2.62. The van der Waals surface area contributed by atoms with Crippen LogP contribution in [0.25, 0.3) is 0 Å². The molecule has 0 bridgehead atoms. The molecule has 0 aliphatic rings. The third kappa shape index (κ3) is 5.00. The van der Waals surface area contributed by atoms with Gasteiger partial charge in [0.15, 0.2) is 0 Å². The summed E-state index contributed by atoms with van der Waals surface area (Å²) in [6.45, 7) is 8.62. The lowest BCUT2D eigenvalue weighted by molar-refractivity contribution is 0.0955. The summed E-state index contributed by atoms with van der Waals surface area (Å²) in [4.78, 5) is 12.3. The lowest BCUT2D eigenvalue weighted by Gasteiger charge is -2.21. The van der Waals surface area contributed by atoms with Gasteiger partial charge in [0.05, 0.1) is 11.1 Å². The molecule has 1 aromatic heterocycles. The Morgan fingerprint density at radius 3 is 2.65 bits per heavy atom. The number of nitrogens with one attached hydrogen (secondary N) is 1. The number of rotatable bonds is 4. The zero-order valence-corrected chi connectivity index (χ0v) is 12.2. The molecule has 1 atom stereocenters. The van der Waals surface area contributed by atoms with Crippen molar-refractivity contribution in [3.05, 3.63) is 10.6 Å². The first-order valence-corrected chi connectivity index (χ1v) is 6.72. The normalized spacial score (nSPS) is 13.5. The molecule has 0 spiro atoms. The molecule has 1 N–H and O–H groups in total. The van der Waals surface area contributed by atoms with Crippen molar-refractivity contribution in [1.82, 2.24) is 14.9 Å². The van der Waals surface area contributed by atoms with Crippen molar-refractivity contribution in [3.63, 3.8) is 0 Å². The minimum atomic E-state index is -0.142. The van der Waals surface area contributed by atoms with Gasteiger partial charge < -0.3 is 5.32 Å². The van der Waals surface area contributed by atoms with Crippen LogP contribution in [0.3, 0.4) is 0 Å². The van der Waals surface area contributed by atoms with Gasteiger partial charge in [-0.2, -0.15) is 0 Å². The van der Waals surface area contributed by atoms with Gasteiger partial charge in [-0.3, -0.25) is 4.79 Å². The Balaban J connectivity index is 2.42. The van der Waals surface area contributed by atoms with Crippen molar-refractivity contribution in [2.24, 2.45) is 5.41 Å². The molecule has 1 aromatic rings. The Morgan fingerprint density at radius 2 is 2.18 bits per heavy atom. The van der Waals surface area contributed by atoms with Gasteiger partial charge in [-0.05, 0) is 30.3 Å². The molecule has 0 fully saturated rings. The SMILES string of the molecule is Cc1nnsc1C(=O)NCC(Cl)CC(C)(C)C. The first-order chi connectivity index (χ1) is 7.79. The Labute approximate surface area is 111 Å². The summed E-state index contributed by atoms with van der Waals surface area (Å²) >= 11 is 7.27. The number of alkyl halides is 1. The van der Waals surface area contributed by atoms with Crippen molar-refractivity contribution < 1.29 is 4.79 Å². The van der Waals surface area contributed by atoms with E-state index in [4.69, 9.17) is 11.6 Å². The summed E-state index contributed by atoms with van der Waals surface area (Å²) in [5.74, 6) is -0.142. The van der Waals surface area contributed by atoms with Gasteiger partial charge in [-0.15, -0.1) is 16.7 Å². The smallest absolute Gasteiger partial charge is 0.264 e. The molecule has 0 aromatic carbocycles. The van der Waals surface area contributed by atoms with Crippen molar-refractivity contribution >= 4 is 29.0 Å². The van der Waals surface area contributed by atoms with Crippen LogP contribution in [0.2, 0.25) is 0 Å². The van der Waals surface area contributed by atoms with Gasteiger partial charge in [0.1, 0.15) is 4.88 Å². The van der Waals surface area contributed by atoms with E-state index >= 15 is 0 Å². The quantitative estimate of drug-likeness (QED) is 0.860. The van der Waals surface area contributed by atoms with Crippen molar-refractivity contribution in [2.75, 3.05) is 6.54 Å². The number of carbonyl (C=O) groups is 1. The molecule has 17 heavy (non-hydrogen) atoms. The highest BCUT2D eigenvalue weighted by molar-refractivity contribution is 7.07. The molecule has 1 heterocycles. The third-order valence-corrected chi connectivity index (χ3v) is 3.31. The molecule has 96 valence electrons. The minimum absolute atomic E-state index is 0.0554. The number of aromatic nitrogens is 2. The molecule has 0 saturated carbocycles. The predicted molar refractivity (Wildman–Crippen MR) is 70.7 cm³/mol. The highest BCUT2D eigenvalue weighted by Crippen LogP contribution is 2.23. The highest BCUT2D eigenvalue weighted by atomic mass is 35.5. The number of carbonyl (C=O) groups excluding carboxylic acids is 1. The Kier molecular flexibility index (Phi) is 4.89. The molecule has 0 saturated heterocycles. The summed E-state index contributed by atoms with van der Waals surface area (Å²) in [5, 5.41) is 6.55. The fraction of sp³-hybridized carbons (Fsp3) is 0.727. The monoisotopic (exact) mass is 275 g/mol. The van der Waals surface area contributed by atoms with Crippen molar-refractivity contribution in [1.29, 1.82) is 0 Å². The van der Waals surface area contributed by atoms with E-state index in [-0.39, 0.29) is 16.7 Å². The van der Waals surface area contributed by atoms with Crippen LogP contribution >= 0.6 is 23.1 Å². The summed E-state index contributed by atoms with van der Waals surface area (Å²) in [5.41, 5.74) is 0.827. The molecular weight excluding hydrogens is 258 g/mol. The average molecular weight is 276 g/mol. The third-order valence-electron chi connectivity index (χ3n) is 2.18. The minimum Gasteiger partial charge on any atom is -0.350 e. The maximum absolute atomic E-state index is 11.8. The van der Waals surface area contributed by atoms with E-state index in [1.165, 1.54) is 0 Å². The van der Waals surface area contributed by atoms with E-state index in [1.807, 2.05) is 0 Å². The van der Waals surface area contributed by atoms with Gasteiger partial charge in [-0.25, -0.2) is 0 Å². The van der Waals surface area contributed by atoms with Crippen LogP contribution in [-0.2, 0) is 0 Å². The number of halogens is 1. The van der Waals surface area contributed by atoms with Gasteiger partial charge >= 0.3 is 0 Å². The second-order valence-corrected chi connectivity index (χ2v) is 6.63. The largest absolute Gasteiger partial charge is 0.350 e. The number of aryl methyl sites for hydroxylation is 1. The van der Waals surface area contributed by atoms with Crippen LogP contribution < -0.4 is 5.32 Å². The standard InChI is InChI=1S/C11H18ClN3OS/c1-7-9(17-15-14-7)10(16)13-6-8(12)5-11(2,3)4/h8H,5-6H2,1-4H3,(H,13,16). The van der Waals surface area contributed by atoms with Crippen molar-refractivity contribution in [2.45, 2.75) is 39.5 Å². The molecule has 6 heteroatoms. The lowest BCUT2D eigenvalue weighted by atomic mass is 9.90. The zero-order chi connectivity index (χ0) is 13.1. The molecule has 0 aliphatic carbocycles. The molecule has 0 radical (unpaired) electrons. The summed E-state index contributed by atoms with van der Waals surface area (Å²) in [6, 6.07) is 0. The maximum Gasteiger partial charge on any atom is 0.264 e. The fourth-order valence-corrected chi connectivity index (χ4v) is 2.57. The van der Waals surface area contributed by atoms with E-state index in [2.05, 4.69) is 35.7 Å². The van der Waals surface area contributed by atoms with Crippen LogP contribution in [0, 0.1) is 12.3 Å². The maximum atomic E-state index is 11.8. The molecular formula is C11H18ClN3OS.